The molecule has 1 aliphatic rings. The summed E-state index contributed by atoms with van der Waals surface area (Å²) in [5.41, 5.74) is 0. The summed E-state index contributed by atoms with van der Waals surface area (Å²) in [6.07, 6.45) is 3.24. The molecular formula is C10H18N2O3S. The number of aliphatic carboxylic acids is 1. The van der Waals surface area contributed by atoms with Gasteiger partial charge in [-0.05, 0) is 18.6 Å². The van der Waals surface area contributed by atoms with Gasteiger partial charge in [0.25, 0.3) is 0 Å². The highest BCUT2D eigenvalue weighted by Crippen LogP contribution is 2.29. The van der Waals surface area contributed by atoms with Gasteiger partial charge in [0.05, 0.1) is 0 Å². The van der Waals surface area contributed by atoms with Crippen LogP contribution in [-0.4, -0.2) is 40.7 Å². The fourth-order valence-electron chi connectivity index (χ4n) is 1.88. The molecule has 0 aromatic rings. The minimum atomic E-state index is -1.03. The fraction of sp³-hybridized carbons (Fsp3) is 0.800. The normalized spacial score (nSPS) is 24.1. The molecule has 92 valence electrons. The second-order valence-electron chi connectivity index (χ2n) is 3.75. The Hall–Kier alpha value is -0.910. The van der Waals surface area contributed by atoms with Crippen LogP contribution in [0.3, 0.4) is 0 Å². The zero-order valence-electron chi connectivity index (χ0n) is 9.36. The monoisotopic (exact) mass is 246 g/mol. The summed E-state index contributed by atoms with van der Waals surface area (Å²) in [7, 11) is 0. The van der Waals surface area contributed by atoms with Crippen LogP contribution in [-0.2, 0) is 4.79 Å². The number of rotatable bonds is 5. The van der Waals surface area contributed by atoms with Crippen LogP contribution in [0.1, 0.15) is 26.2 Å². The smallest absolute Gasteiger partial charge is 0.323 e. The standard InChI is InChI=1S/C10H18N2O3S/c1-2-16-8-5-3-4-7(8)12-10(15)11-6-9(13)14/h7-8H,2-6H2,1H3,(H,13,14)(H2,11,12,15). The number of amides is 2. The Balaban J connectivity index is 2.29. The Morgan fingerprint density at radius 1 is 1.44 bits per heavy atom. The quantitative estimate of drug-likeness (QED) is 0.677. The maximum absolute atomic E-state index is 11.4. The molecule has 1 rings (SSSR count). The van der Waals surface area contributed by atoms with Crippen LogP contribution in [0.2, 0.25) is 0 Å². The summed E-state index contributed by atoms with van der Waals surface area (Å²) in [5.74, 6) is 0.0145. The van der Waals surface area contributed by atoms with Gasteiger partial charge in [0.2, 0.25) is 0 Å². The largest absolute Gasteiger partial charge is 0.480 e. The molecular weight excluding hydrogens is 228 g/mol. The molecule has 1 aliphatic carbocycles. The Labute approximate surface area is 99.4 Å². The van der Waals surface area contributed by atoms with Crippen LogP contribution in [0.4, 0.5) is 4.79 Å². The van der Waals surface area contributed by atoms with E-state index in [2.05, 4.69) is 17.6 Å². The number of carbonyl (C=O) groups excluding carboxylic acids is 1. The summed E-state index contributed by atoms with van der Waals surface area (Å²) < 4.78 is 0. The molecule has 0 aromatic carbocycles. The number of carbonyl (C=O) groups is 2. The van der Waals surface area contributed by atoms with Crippen molar-refractivity contribution in [1.82, 2.24) is 10.6 Å². The first kappa shape index (κ1) is 13.2. The molecule has 2 amide bonds. The van der Waals surface area contributed by atoms with Gasteiger partial charge in [0.15, 0.2) is 0 Å². The van der Waals surface area contributed by atoms with Gasteiger partial charge in [-0.15, -0.1) is 0 Å². The van der Waals surface area contributed by atoms with Gasteiger partial charge >= 0.3 is 12.0 Å². The molecule has 0 heterocycles. The zero-order chi connectivity index (χ0) is 12.0. The van der Waals surface area contributed by atoms with Crippen LogP contribution in [0.15, 0.2) is 0 Å². The SMILES string of the molecule is CCSC1CCCC1NC(=O)NCC(=O)O. The summed E-state index contributed by atoms with van der Waals surface area (Å²) in [6.45, 7) is 1.77. The lowest BCUT2D eigenvalue weighted by atomic mass is 10.2. The molecule has 0 aromatic heterocycles. The number of thioether (sulfide) groups is 1. The Kier molecular flexibility index (Phi) is 5.45. The van der Waals surface area contributed by atoms with E-state index in [4.69, 9.17) is 5.11 Å². The molecule has 2 unspecified atom stereocenters. The van der Waals surface area contributed by atoms with Crippen molar-refractivity contribution in [3.63, 3.8) is 0 Å². The van der Waals surface area contributed by atoms with E-state index >= 15 is 0 Å². The van der Waals surface area contributed by atoms with E-state index in [1.165, 1.54) is 0 Å². The molecule has 0 spiro atoms. The fourth-order valence-corrected chi connectivity index (χ4v) is 3.08. The third kappa shape index (κ3) is 4.30. The first-order valence-electron chi connectivity index (χ1n) is 5.51. The minimum absolute atomic E-state index is 0.179. The van der Waals surface area contributed by atoms with E-state index in [1.54, 1.807) is 0 Å². The topological polar surface area (TPSA) is 78.4 Å². The van der Waals surface area contributed by atoms with E-state index in [1.807, 2.05) is 11.8 Å². The molecule has 0 aliphatic heterocycles. The van der Waals surface area contributed by atoms with Crippen molar-refractivity contribution in [2.24, 2.45) is 0 Å². The molecule has 6 heteroatoms. The average molecular weight is 246 g/mol. The lowest BCUT2D eigenvalue weighted by molar-refractivity contribution is -0.135. The summed E-state index contributed by atoms with van der Waals surface area (Å²) in [5, 5.41) is 14.0. The maximum Gasteiger partial charge on any atom is 0.323 e. The Morgan fingerprint density at radius 3 is 2.81 bits per heavy atom. The van der Waals surface area contributed by atoms with E-state index in [9.17, 15) is 9.59 Å². The van der Waals surface area contributed by atoms with Crippen LogP contribution in [0.25, 0.3) is 0 Å². The van der Waals surface area contributed by atoms with E-state index < -0.39 is 5.97 Å². The predicted octanol–water partition coefficient (Wildman–Crippen LogP) is 1.04. The average Bonchev–Trinajstić information content (AvgIpc) is 2.63. The molecule has 5 nitrogen and oxygen atoms in total. The zero-order valence-corrected chi connectivity index (χ0v) is 10.2. The summed E-state index contributed by atoms with van der Waals surface area (Å²) in [6, 6.07) is -0.199. The number of carboxylic acid groups (broad SMARTS) is 1. The van der Waals surface area contributed by atoms with Crippen molar-refractivity contribution < 1.29 is 14.7 Å². The molecule has 0 radical (unpaired) electrons. The van der Waals surface area contributed by atoms with Crippen LogP contribution in [0.5, 0.6) is 0 Å². The predicted molar refractivity (Wildman–Crippen MR) is 63.7 cm³/mol. The van der Waals surface area contributed by atoms with Gasteiger partial charge in [-0.3, -0.25) is 4.79 Å². The second kappa shape index (κ2) is 6.62. The van der Waals surface area contributed by atoms with Crippen LogP contribution in [0, 0.1) is 0 Å². The number of carboxylic acids is 1. The summed E-state index contributed by atoms with van der Waals surface area (Å²) >= 11 is 1.85. The number of urea groups is 1. The third-order valence-electron chi connectivity index (χ3n) is 2.55. The highest BCUT2D eigenvalue weighted by molar-refractivity contribution is 7.99. The third-order valence-corrected chi connectivity index (χ3v) is 3.88. The first-order valence-corrected chi connectivity index (χ1v) is 6.56. The molecule has 0 bridgehead atoms. The molecule has 1 fully saturated rings. The number of nitrogens with one attached hydrogen (secondary N) is 2. The number of hydrogen-bond donors (Lipinski definition) is 3. The van der Waals surface area contributed by atoms with Gasteiger partial charge in [-0.2, -0.15) is 11.8 Å². The Morgan fingerprint density at radius 2 is 2.19 bits per heavy atom. The number of hydrogen-bond acceptors (Lipinski definition) is 3. The molecule has 0 saturated heterocycles. The highest BCUT2D eigenvalue weighted by atomic mass is 32.2. The van der Waals surface area contributed by atoms with E-state index in [0.29, 0.717) is 5.25 Å². The maximum atomic E-state index is 11.4. The van der Waals surface area contributed by atoms with Crippen LogP contribution < -0.4 is 10.6 Å². The van der Waals surface area contributed by atoms with Crippen molar-refractivity contribution >= 4 is 23.8 Å². The molecule has 2 atom stereocenters. The molecule has 16 heavy (non-hydrogen) atoms. The van der Waals surface area contributed by atoms with Crippen molar-refractivity contribution in [3.05, 3.63) is 0 Å². The van der Waals surface area contributed by atoms with E-state index in [-0.39, 0.29) is 18.6 Å². The van der Waals surface area contributed by atoms with Crippen LogP contribution >= 0.6 is 11.8 Å². The van der Waals surface area contributed by atoms with Crippen molar-refractivity contribution in [2.45, 2.75) is 37.5 Å². The lowest BCUT2D eigenvalue weighted by Gasteiger charge is -2.20. The second-order valence-corrected chi connectivity index (χ2v) is 5.27. The van der Waals surface area contributed by atoms with Gasteiger partial charge in [0.1, 0.15) is 6.54 Å². The van der Waals surface area contributed by atoms with Crippen molar-refractivity contribution in [3.8, 4) is 0 Å². The van der Waals surface area contributed by atoms with Crippen molar-refractivity contribution in [1.29, 1.82) is 0 Å². The van der Waals surface area contributed by atoms with E-state index in [0.717, 1.165) is 25.0 Å². The minimum Gasteiger partial charge on any atom is -0.480 e. The van der Waals surface area contributed by atoms with Crippen molar-refractivity contribution in [2.75, 3.05) is 12.3 Å². The molecule has 1 saturated carbocycles. The molecule has 3 N–H and O–H groups in total. The lowest BCUT2D eigenvalue weighted by Crippen LogP contribution is -2.46. The summed E-state index contributed by atoms with van der Waals surface area (Å²) in [4.78, 5) is 21.6. The van der Waals surface area contributed by atoms with Gasteiger partial charge in [0, 0.05) is 11.3 Å². The van der Waals surface area contributed by atoms with Gasteiger partial charge in [-0.1, -0.05) is 13.3 Å². The van der Waals surface area contributed by atoms with Gasteiger partial charge < -0.3 is 15.7 Å². The Bertz CT molecular complexity index is 260. The first-order chi connectivity index (χ1) is 7.63. The van der Waals surface area contributed by atoms with Gasteiger partial charge in [-0.25, -0.2) is 4.79 Å². The highest BCUT2D eigenvalue weighted by Gasteiger charge is 2.28.